The molecule has 0 heterocycles. The number of aryl methyl sites for hydroxylation is 3. The summed E-state index contributed by atoms with van der Waals surface area (Å²) in [5.74, 6) is -0.592. The minimum atomic E-state index is -3.83. The van der Waals surface area contributed by atoms with Crippen molar-refractivity contribution < 1.29 is 18.3 Å². The van der Waals surface area contributed by atoms with E-state index in [0.717, 1.165) is 14.3 Å². The molecule has 0 fully saturated rings. The lowest BCUT2D eigenvalue weighted by atomic mass is 10.1. The molecular formula is C19H22BrN3O4S. The molecule has 0 bridgehead atoms. The number of halogens is 1. The summed E-state index contributed by atoms with van der Waals surface area (Å²) in [5, 5.41) is 13.5. The normalized spacial score (nSPS) is 11.9. The number of aromatic hydroxyl groups is 1. The van der Waals surface area contributed by atoms with Gasteiger partial charge in [-0.05, 0) is 50.1 Å². The maximum Gasteiger partial charge on any atom is 0.255 e. The van der Waals surface area contributed by atoms with Crippen LogP contribution in [-0.2, 0) is 14.8 Å². The molecule has 2 N–H and O–H groups in total. The summed E-state index contributed by atoms with van der Waals surface area (Å²) in [6.45, 7) is 4.97. The standard InChI is InChI=1S/C19H22BrN3O4S/c1-12-7-13(2)19(14(3)8-12)28(26,27)23(4)11-18(25)22-21-10-15-9-16(20)5-6-17(15)24/h5-10,24H,11H2,1-4H3,(H,22,25)/b21-10-. The van der Waals surface area contributed by atoms with E-state index in [4.69, 9.17) is 0 Å². The Morgan fingerprint density at radius 3 is 2.43 bits per heavy atom. The predicted octanol–water partition coefficient (Wildman–Crippen LogP) is 2.85. The first kappa shape index (κ1) is 22.1. The van der Waals surface area contributed by atoms with E-state index in [0.29, 0.717) is 16.7 Å². The second kappa shape index (κ2) is 8.85. The Balaban J connectivity index is 2.09. The Labute approximate surface area is 173 Å². The Hall–Kier alpha value is -2.23. The molecule has 0 aliphatic rings. The molecule has 0 atom stereocenters. The van der Waals surface area contributed by atoms with E-state index in [1.54, 1.807) is 38.1 Å². The summed E-state index contributed by atoms with van der Waals surface area (Å²) in [6, 6.07) is 8.37. The van der Waals surface area contributed by atoms with Gasteiger partial charge in [-0.1, -0.05) is 33.6 Å². The predicted molar refractivity (Wildman–Crippen MR) is 112 cm³/mol. The molecule has 2 rings (SSSR count). The zero-order chi connectivity index (χ0) is 21.1. The average Bonchev–Trinajstić information content (AvgIpc) is 2.56. The SMILES string of the molecule is Cc1cc(C)c(S(=O)(=O)N(C)CC(=O)N/N=C\c2cc(Br)ccc2O)c(C)c1. The third kappa shape index (κ3) is 5.18. The van der Waals surface area contributed by atoms with Gasteiger partial charge in [-0.15, -0.1) is 0 Å². The van der Waals surface area contributed by atoms with Crippen molar-refractivity contribution in [1.29, 1.82) is 0 Å². The van der Waals surface area contributed by atoms with Crippen molar-refractivity contribution in [2.24, 2.45) is 5.10 Å². The van der Waals surface area contributed by atoms with Crippen LogP contribution in [0.4, 0.5) is 0 Å². The van der Waals surface area contributed by atoms with Crippen LogP contribution in [0.5, 0.6) is 5.75 Å². The largest absolute Gasteiger partial charge is 0.507 e. The monoisotopic (exact) mass is 467 g/mol. The van der Waals surface area contributed by atoms with Crippen LogP contribution in [0.1, 0.15) is 22.3 Å². The minimum absolute atomic E-state index is 0.00576. The van der Waals surface area contributed by atoms with E-state index in [2.05, 4.69) is 26.5 Å². The molecule has 0 saturated heterocycles. The summed E-state index contributed by atoms with van der Waals surface area (Å²) < 4.78 is 27.5. The minimum Gasteiger partial charge on any atom is -0.507 e. The van der Waals surface area contributed by atoms with Crippen LogP contribution >= 0.6 is 15.9 Å². The van der Waals surface area contributed by atoms with Gasteiger partial charge in [0.25, 0.3) is 5.91 Å². The second-order valence-corrected chi connectivity index (χ2v) is 9.38. The van der Waals surface area contributed by atoms with E-state index in [9.17, 15) is 18.3 Å². The molecule has 0 aliphatic carbocycles. The number of nitrogens with zero attached hydrogens (tertiary/aromatic N) is 2. The number of hydrogen-bond acceptors (Lipinski definition) is 5. The number of nitrogens with one attached hydrogen (secondary N) is 1. The van der Waals surface area contributed by atoms with Crippen LogP contribution in [0.15, 0.2) is 44.8 Å². The van der Waals surface area contributed by atoms with Gasteiger partial charge in [-0.25, -0.2) is 13.8 Å². The molecule has 28 heavy (non-hydrogen) atoms. The fraction of sp³-hybridized carbons (Fsp3) is 0.263. The Morgan fingerprint density at radius 1 is 1.21 bits per heavy atom. The first-order chi connectivity index (χ1) is 13.0. The van der Waals surface area contributed by atoms with Gasteiger partial charge in [0, 0.05) is 17.1 Å². The van der Waals surface area contributed by atoms with Crippen molar-refractivity contribution in [2.45, 2.75) is 25.7 Å². The molecule has 9 heteroatoms. The zero-order valence-electron chi connectivity index (χ0n) is 16.0. The van der Waals surface area contributed by atoms with E-state index in [1.165, 1.54) is 19.3 Å². The van der Waals surface area contributed by atoms with Gasteiger partial charge in [-0.3, -0.25) is 4.79 Å². The van der Waals surface area contributed by atoms with Gasteiger partial charge >= 0.3 is 0 Å². The van der Waals surface area contributed by atoms with Gasteiger partial charge < -0.3 is 5.11 Å². The third-order valence-electron chi connectivity index (χ3n) is 4.02. The van der Waals surface area contributed by atoms with Crippen LogP contribution in [0, 0.1) is 20.8 Å². The van der Waals surface area contributed by atoms with Gasteiger partial charge in [-0.2, -0.15) is 9.41 Å². The highest BCUT2D eigenvalue weighted by atomic mass is 79.9. The van der Waals surface area contributed by atoms with Crippen LogP contribution in [0.2, 0.25) is 0 Å². The number of hydrazone groups is 1. The number of rotatable bonds is 6. The number of phenolic OH excluding ortho intramolecular Hbond substituents is 1. The smallest absolute Gasteiger partial charge is 0.255 e. The maximum atomic E-state index is 12.9. The van der Waals surface area contributed by atoms with Crippen molar-refractivity contribution in [2.75, 3.05) is 13.6 Å². The average molecular weight is 468 g/mol. The van der Waals surface area contributed by atoms with E-state index in [-0.39, 0.29) is 10.6 Å². The van der Waals surface area contributed by atoms with Crippen LogP contribution in [0.25, 0.3) is 0 Å². The van der Waals surface area contributed by atoms with Crippen molar-refractivity contribution in [3.8, 4) is 5.75 Å². The fourth-order valence-electron chi connectivity index (χ4n) is 2.85. The number of carbonyl (C=O) groups is 1. The highest BCUT2D eigenvalue weighted by Crippen LogP contribution is 2.24. The van der Waals surface area contributed by atoms with Gasteiger partial charge in [0.2, 0.25) is 10.0 Å². The van der Waals surface area contributed by atoms with Crippen molar-refractivity contribution >= 4 is 38.1 Å². The molecule has 2 aromatic rings. The van der Waals surface area contributed by atoms with Crippen molar-refractivity contribution in [3.05, 3.63) is 57.1 Å². The first-order valence-corrected chi connectivity index (χ1v) is 10.6. The number of phenols is 1. The molecule has 0 aromatic heterocycles. The van der Waals surface area contributed by atoms with Crippen LogP contribution < -0.4 is 5.43 Å². The van der Waals surface area contributed by atoms with Crippen LogP contribution in [0.3, 0.4) is 0 Å². The summed E-state index contributed by atoms with van der Waals surface area (Å²) in [6.07, 6.45) is 1.28. The number of sulfonamides is 1. The highest BCUT2D eigenvalue weighted by Gasteiger charge is 2.26. The lowest BCUT2D eigenvalue weighted by Gasteiger charge is -2.19. The Kier molecular flexibility index (Phi) is 6.97. The number of likely N-dealkylation sites (N-methyl/N-ethyl adjacent to an activating group) is 1. The Bertz CT molecular complexity index is 1010. The first-order valence-electron chi connectivity index (χ1n) is 8.37. The number of hydrogen-bond donors (Lipinski definition) is 2. The summed E-state index contributed by atoms with van der Waals surface area (Å²) in [4.78, 5) is 12.3. The van der Waals surface area contributed by atoms with Crippen molar-refractivity contribution in [1.82, 2.24) is 9.73 Å². The molecule has 2 aromatic carbocycles. The summed E-state index contributed by atoms with van der Waals surface area (Å²) in [7, 11) is -2.48. The molecule has 0 aliphatic heterocycles. The van der Waals surface area contributed by atoms with Gasteiger partial charge in [0.15, 0.2) is 0 Å². The molecule has 7 nitrogen and oxygen atoms in total. The third-order valence-corrected chi connectivity index (χ3v) is 6.62. The quantitative estimate of drug-likeness (QED) is 0.503. The maximum absolute atomic E-state index is 12.9. The molecule has 150 valence electrons. The highest BCUT2D eigenvalue weighted by molar-refractivity contribution is 9.10. The molecule has 0 saturated carbocycles. The molecule has 0 spiro atoms. The second-order valence-electron chi connectivity index (χ2n) is 6.49. The molecule has 1 amide bonds. The van der Waals surface area contributed by atoms with Gasteiger partial charge in [0.1, 0.15) is 5.75 Å². The number of benzene rings is 2. The molecule has 0 unspecified atom stereocenters. The lowest BCUT2D eigenvalue weighted by molar-refractivity contribution is -0.121. The molecular weight excluding hydrogens is 446 g/mol. The van der Waals surface area contributed by atoms with Gasteiger partial charge in [0.05, 0.1) is 17.7 Å². The summed E-state index contributed by atoms with van der Waals surface area (Å²) in [5.41, 5.74) is 4.91. The van der Waals surface area contributed by atoms with E-state index in [1.807, 2.05) is 6.92 Å². The number of amides is 1. The van der Waals surface area contributed by atoms with E-state index >= 15 is 0 Å². The van der Waals surface area contributed by atoms with Crippen molar-refractivity contribution in [3.63, 3.8) is 0 Å². The topological polar surface area (TPSA) is 99.1 Å². The zero-order valence-corrected chi connectivity index (χ0v) is 18.4. The van der Waals surface area contributed by atoms with Crippen LogP contribution in [-0.4, -0.2) is 43.5 Å². The molecule has 0 radical (unpaired) electrons. The summed E-state index contributed by atoms with van der Waals surface area (Å²) >= 11 is 3.28. The lowest BCUT2D eigenvalue weighted by Crippen LogP contribution is -2.37. The van der Waals surface area contributed by atoms with E-state index < -0.39 is 22.5 Å². The fourth-order valence-corrected chi connectivity index (χ4v) is 4.76. The number of carbonyl (C=O) groups excluding carboxylic acids is 1. The Morgan fingerprint density at radius 2 is 1.82 bits per heavy atom.